The minimum absolute atomic E-state index is 0.109. The number of anilines is 1. The number of hydrogen-bond donors (Lipinski definition) is 0. The Labute approximate surface area is 240 Å². The maximum atomic E-state index is 13.7. The monoisotopic (exact) mass is 574 g/mol. The number of amides is 1. The molecule has 1 aliphatic heterocycles. The van der Waals surface area contributed by atoms with E-state index in [4.69, 9.17) is 38.3 Å². The van der Waals surface area contributed by atoms with Crippen LogP contribution in [-0.4, -0.2) is 56.7 Å². The molecule has 1 amide bonds. The first-order chi connectivity index (χ1) is 19.4. The van der Waals surface area contributed by atoms with E-state index in [2.05, 4.69) is 4.90 Å². The van der Waals surface area contributed by atoms with Crippen LogP contribution in [0.2, 0.25) is 10.0 Å². The molecule has 0 aliphatic carbocycles. The van der Waals surface area contributed by atoms with Crippen LogP contribution >= 0.6 is 23.2 Å². The molecule has 10 heteroatoms. The second-order valence-electron chi connectivity index (χ2n) is 9.74. The lowest BCUT2D eigenvalue weighted by Crippen LogP contribution is -2.49. The number of aromatic nitrogens is 4. The summed E-state index contributed by atoms with van der Waals surface area (Å²) in [6.07, 6.45) is 0.547. The molecule has 1 aliphatic rings. The Bertz CT molecular complexity index is 1680. The zero-order chi connectivity index (χ0) is 27.8. The summed E-state index contributed by atoms with van der Waals surface area (Å²) in [4.78, 5) is 27.1. The van der Waals surface area contributed by atoms with Crippen molar-refractivity contribution >= 4 is 46.0 Å². The lowest BCUT2D eigenvalue weighted by molar-refractivity contribution is 0.0746. The molecule has 0 radical (unpaired) electrons. The molecule has 3 aromatic carbocycles. The summed E-state index contributed by atoms with van der Waals surface area (Å²) in [5.41, 5.74) is 3.70. The molecule has 40 heavy (non-hydrogen) atoms. The summed E-state index contributed by atoms with van der Waals surface area (Å²) in [6, 6.07) is 21.1. The van der Waals surface area contributed by atoms with Crippen molar-refractivity contribution in [3.8, 4) is 5.69 Å². The second-order valence-corrected chi connectivity index (χ2v) is 10.6. The van der Waals surface area contributed by atoms with Gasteiger partial charge >= 0.3 is 0 Å². The van der Waals surface area contributed by atoms with Crippen LogP contribution in [0.5, 0.6) is 0 Å². The van der Waals surface area contributed by atoms with Crippen molar-refractivity contribution in [3.63, 3.8) is 0 Å². The first-order valence-corrected chi connectivity index (χ1v) is 13.7. The summed E-state index contributed by atoms with van der Waals surface area (Å²) in [5.74, 6) is 1.01. The van der Waals surface area contributed by atoms with Gasteiger partial charge in [-0.05, 0) is 55.0 Å². The third-order valence-corrected chi connectivity index (χ3v) is 7.42. The standard InChI is InChI=1S/C30H25Cl2FN6O/c1-19-27-28(37-11-13-38(14-12-37)30(40)21-16-22(31)18-23(32)17-21)34-26(15-20-5-3-2-4-6-20)35-29(27)39(36-19)25-9-7-24(33)8-10-25/h2-10,16-18H,11-15H2,1H3. The minimum atomic E-state index is -0.315. The maximum Gasteiger partial charge on any atom is 0.254 e. The first kappa shape index (κ1) is 26.2. The highest BCUT2D eigenvalue weighted by Crippen LogP contribution is 2.31. The third kappa shape index (κ3) is 5.24. The van der Waals surface area contributed by atoms with Gasteiger partial charge in [0.1, 0.15) is 17.5 Å². The number of carbonyl (C=O) groups is 1. The Morgan fingerprint density at radius 3 is 2.25 bits per heavy atom. The molecule has 2 aromatic heterocycles. The lowest BCUT2D eigenvalue weighted by atomic mass is 10.1. The summed E-state index contributed by atoms with van der Waals surface area (Å²) >= 11 is 12.3. The van der Waals surface area contributed by atoms with Crippen LogP contribution in [0.1, 0.15) is 27.4 Å². The third-order valence-electron chi connectivity index (χ3n) is 6.98. The van der Waals surface area contributed by atoms with Gasteiger partial charge in [0, 0.05) is 48.2 Å². The van der Waals surface area contributed by atoms with Gasteiger partial charge in [0.25, 0.3) is 5.91 Å². The van der Waals surface area contributed by atoms with Crippen LogP contribution in [0.4, 0.5) is 10.2 Å². The van der Waals surface area contributed by atoms with Gasteiger partial charge in [0.05, 0.1) is 16.8 Å². The van der Waals surface area contributed by atoms with Gasteiger partial charge in [-0.2, -0.15) is 5.10 Å². The predicted octanol–water partition coefficient (Wildman–Crippen LogP) is 6.12. The molecule has 1 saturated heterocycles. The number of rotatable bonds is 5. The highest BCUT2D eigenvalue weighted by Gasteiger charge is 2.27. The van der Waals surface area contributed by atoms with E-state index >= 15 is 0 Å². The van der Waals surface area contributed by atoms with Gasteiger partial charge in [0.2, 0.25) is 0 Å². The van der Waals surface area contributed by atoms with E-state index in [1.165, 1.54) is 12.1 Å². The van der Waals surface area contributed by atoms with E-state index in [0.717, 1.165) is 22.5 Å². The van der Waals surface area contributed by atoms with Crippen LogP contribution in [0, 0.1) is 12.7 Å². The highest BCUT2D eigenvalue weighted by atomic mass is 35.5. The number of carbonyl (C=O) groups excluding carboxylic acids is 1. The van der Waals surface area contributed by atoms with E-state index in [9.17, 15) is 9.18 Å². The quantitative estimate of drug-likeness (QED) is 0.253. The SMILES string of the molecule is Cc1nn(-c2ccc(F)cc2)c2nc(Cc3ccccc3)nc(N3CCN(C(=O)c4cc(Cl)cc(Cl)c4)CC3)c12. The fourth-order valence-corrected chi connectivity index (χ4v) is 5.56. The van der Waals surface area contributed by atoms with Gasteiger partial charge in [-0.3, -0.25) is 4.79 Å². The van der Waals surface area contributed by atoms with Crippen LogP contribution in [0.25, 0.3) is 16.7 Å². The van der Waals surface area contributed by atoms with Gasteiger partial charge in [0.15, 0.2) is 5.65 Å². The molecular weight excluding hydrogens is 550 g/mol. The molecule has 0 unspecified atom stereocenters. The first-order valence-electron chi connectivity index (χ1n) is 12.9. The number of piperazine rings is 1. The van der Waals surface area contributed by atoms with E-state index in [1.807, 2.05) is 37.3 Å². The molecule has 0 N–H and O–H groups in total. The topological polar surface area (TPSA) is 67.2 Å². The second kappa shape index (κ2) is 10.9. The Kier molecular flexibility index (Phi) is 7.12. The van der Waals surface area contributed by atoms with Gasteiger partial charge in [-0.25, -0.2) is 19.0 Å². The van der Waals surface area contributed by atoms with Crippen molar-refractivity contribution < 1.29 is 9.18 Å². The van der Waals surface area contributed by atoms with Crippen LogP contribution < -0.4 is 4.90 Å². The maximum absolute atomic E-state index is 13.7. The molecule has 5 aromatic rings. The lowest BCUT2D eigenvalue weighted by Gasteiger charge is -2.36. The zero-order valence-electron chi connectivity index (χ0n) is 21.7. The van der Waals surface area contributed by atoms with Crippen molar-refractivity contribution in [3.05, 3.63) is 111 Å². The Hall–Kier alpha value is -4.01. The summed E-state index contributed by atoms with van der Waals surface area (Å²) in [7, 11) is 0. The molecule has 0 bridgehead atoms. The molecule has 6 rings (SSSR count). The van der Waals surface area contributed by atoms with Gasteiger partial charge < -0.3 is 9.80 Å². The van der Waals surface area contributed by atoms with Crippen LogP contribution in [0.3, 0.4) is 0 Å². The molecule has 0 saturated carbocycles. The zero-order valence-corrected chi connectivity index (χ0v) is 23.2. The minimum Gasteiger partial charge on any atom is -0.352 e. The van der Waals surface area contributed by atoms with Crippen molar-refractivity contribution in [1.29, 1.82) is 0 Å². The van der Waals surface area contributed by atoms with Gasteiger partial charge in [-0.1, -0.05) is 53.5 Å². The van der Waals surface area contributed by atoms with Crippen molar-refractivity contribution in [2.24, 2.45) is 0 Å². The van der Waals surface area contributed by atoms with Gasteiger partial charge in [-0.15, -0.1) is 0 Å². The predicted molar refractivity (Wildman–Crippen MR) is 155 cm³/mol. The van der Waals surface area contributed by atoms with E-state index in [1.54, 1.807) is 39.9 Å². The molecule has 0 spiro atoms. The van der Waals surface area contributed by atoms with E-state index in [-0.39, 0.29) is 11.7 Å². The normalized spacial score (nSPS) is 13.7. The Morgan fingerprint density at radius 2 is 1.57 bits per heavy atom. The Balaban J connectivity index is 1.35. The summed E-state index contributed by atoms with van der Waals surface area (Å²) in [5, 5.41) is 6.46. The number of hydrogen-bond acceptors (Lipinski definition) is 5. The number of aryl methyl sites for hydroxylation is 1. The number of fused-ring (bicyclic) bond motifs is 1. The van der Waals surface area contributed by atoms with Crippen molar-refractivity contribution in [1.82, 2.24) is 24.6 Å². The molecule has 3 heterocycles. The fraction of sp³-hybridized carbons (Fsp3) is 0.200. The molecule has 7 nitrogen and oxygen atoms in total. The molecular formula is C30H25Cl2FN6O. The highest BCUT2D eigenvalue weighted by molar-refractivity contribution is 6.35. The molecule has 202 valence electrons. The number of benzene rings is 3. The average molecular weight is 575 g/mol. The summed E-state index contributed by atoms with van der Waals surface area (Å²) < 4.78 is 15.4. The molecule has 1 fully saturated rings. The summed E-state index contributed by atoms with van der Waals surface area (Å²) in [6.45, 7) is 4.10. The van der Waals surface area contributed by atoms with Crippen molar-refractivity contribution in [2.75, 3.05) is 31.1 Å². The van der Waals surface area contributed by atoms with Crippen LogP contribution in [0.15, 0.2) is 72.8 Å². The Morgan fingerprint density at radius 1 is 0.900 bits per heavy atom. The van der Waals surface area contributed by atoms with Crippen LogP contribution in [-0.2, 0) is 6.42 Å². The van der Waals surface area contributed by atoms with Crippen molar-refractivity contribution in [2.45, 2.75) is 13.3 Å². The van der Waals surface area contributed by atoms with E-state index < -0.39 is 0 Å². The largest absolute Gasteiger partial charge is 0.352 e. The number of halogens is 3. The molecule has 0 atom stereocenters. The number of nitrogens with zero attached hydrogens (tertiary/aromatic N) is 6. The van der Waals surface area contributed by atoms with E-state index in [0.29, 0.717) is 65.4 Å². The average Bonchev–Trinajstić information content (AvgIpc) is 3.29. The smallest absolute Gasteiger partial charge is 0.254 e. The fourth-order valence-electron chi connectivity index (χ4n) is 5.04.